The number of hydrogen-bond donors (Lipinski definition) is 0. The van der Waals surface area contributed by atoms with Gasteiger partial charge in [-0.25, -0.2) is 4.79 Å². The molecule has 4 nitrogen and oxygen atoms in total. The Hall–Kier alpha value is -1.49. The van der Waals surface area contributed by atoms with Gasteiger partial charge in [-0.05, 0) is 24.3 Å². The summed E-state index contributed by atoms with van der Waals surface area (Å²) in [5, 5.41) is 0. The molecule has 0 saturated heterocycles. The van der Waals surface area contributed by atoms with Crippen LogP contribution in [-0.4, -0.2) is 37.5 Å². The number of rotatable bonds is 7. The zero-order valence-electron chi connectivity index (χ0n) is 12.2. The van der Waals surface area contributed by atoms with Crippen LogP contribution in [0, 0.1) is 0 Å². The second-order valence-electron chi connectivity index (χ2n) is 4.37. The summed E-state index contributed by atoms with van der Waals surface area (Å²) in [6, 6.07) is 6.97. The molecule has 0 aliphatic rings. The molecule has 1 aromatic carbocycles. The Morgan fingerprint density at radius 1 is 1.30 bits per heavy atom. The predicted molar refractivity (Wildman–Crippen MR) is 83.4 cm³/mol. The first-order valence-corrected chi connectivity index (χ1v) is 7.79. The number of hydrogen-bond acceptors (Lipinski definition) is 4. The van der Waals surface area contributed by atoms with Crippen LogP contribution in [0.15, 0.2) is 24.3 Å². The average molecular weight is 295 g/mol. The lowest BCUT2D eigenvalue weighted by molar-refractivity contribution is -0.115. The molecule has 20 heavy (non-hydrogen) atoms. The van der Waals surface area contributed by atoms with E-state index in [1.807, 2.05) is 0 Å². The summed E-state index contributed by atoms with van der Waals surface area (Å²) in [6.45, 7) is 2.13. The molecule has 0 aliphatic carbocycles. The van der Waals surface area contributed by atoms with Gasteiger partial charge < -0.3 is 9.64 Å². The lowest BCUT2D eigenvalue weighted by Gasteiger charge is -2.19. The van der Waals surface area contributed by atoms with Gasteiger partial charge in [-0.1, -0.05) is 25.5 Å². The van der Waals surface area contributed by atoms with E-state index in [1.54, 1.807) is 43.1 Å². The minimum absolute atomic E-state index is 0.0116. The number of carbonyl (C=O) groups is 2. The lowest BCUT2D eigenvalue weighted by atomic mass is 10.1. The largest absolute Gasteiger partial charge is 0.465 e. The van der Waals surface area contributed by atoms with Crippen LogP contribution in [0.4, 0.5) is 5.69 Å². The van der Waals surface area contributed by atoms with Crippen LogP contribution in [0.2, 0.25) is 0 Å². The summed E-state index contributed by atoms with van der Waals surface area (Å²) in [4.78, 5) is 25.3. The minimum atomic E-state index is -0.432. The van der Waals surface area contributed by atoms with Crippen molar-refractivity contribution in [3.63, 3.8) is 0 Å². The third kappa shape index (κ3) is 4.56. The zero-order chi connectivity index (χ0) is 15.0. The van der Waals surface area contributed by atoms with E-state index in [1.165, 1.54) is 12.0 Å². The van der Waals surface area contributed by atoms with Crippen LogP contribution >= 0.6 is 11.8 Å². The summed E-state index contributed by atoms with van der Waals surface area (Å²) in [7, 11) is 3.02. The maximum Gasteiger partial charge on any atom is 0.339 e. The van der Waals surface area contributed by atoms with Crippen molar-refractivity contribution in [3.05, 3.63) is 29.8 Å². The summed E-state index contributed by atoms with van der Waals surface area (Å²) in [5.74, 6) is 0.960. The van der Waals surface area contributed by atoms with Gasteiger partial charge in [-0.3, -0.25) is 4.79 Å². The number of benzene rings is 1. The van der Waals surface area contributed by atoms with Crippen molar-refractivity contribution in [2.24, 2.45) is 0 Å². The number of unbranched alkanes of at least 4 members (excludes halogenated alkanes) is 1. The molecule has 0 atom stereocenters. The molecule has 0 fully saturated rings. The zero-order valence-corrected chi connectivity index (χ0v) is 13.0. The number of methoxy groups -OCH3 is 1. The van der Waals surface area contributed by atoms with E-state index in [0.29, 0.717) is 17.0 Å². The highest BCUT2D eigenvalue weighted by molar-refractivity contribution is 7.99. The van der Waals surface area contributed by atoms with Gasteiger partial charge in [0.15, 0.2) is 0 Å². The van der Waals surface area contributed by atoms with Crippen molar-refractivity contribution in [2.45, 2.75) is 19.8 Å². The number of para-hydroxylation sites is 1. The molecule has 5 heteroatoms. The standard InChI is InChI=1S/C15H21NO3S/c1-4-5-10-20-11-14(17)16(2)13-9-7-6-8-12(13)15(18)19-3/h6-9H,4-5,10-11H2,1-3H3. The number of anilines is 1. The second-order valence-corrected chi connectivity index (χ2v) is 5.47. The highest BCUT2D eigenvalue weighted by Crippen LogP contribution is 2.21. The number of nitrogens with zero attached hydrogens (tertiary/aromatic N) is 1. The lowest BCUT2D eigenvalue weighted by Crippen LogP contribution is -2.29. The van der Waals surface area contributed by atoms with Gasteiger partial charge in [0.25, 0.3) is 0 Å². The summed E-state index contributed by atoms with van der Waals surface area (Å²) in [5.41, 5.74) is 0.991. The van der Waals surface area contributed by atoms with Crippen LogP contribution in [0.3, 0.4) is 0 Å². The Labute approximate surface area is 124 Å². The molecule has 0 saturated carbocycles. The van der Waals surface area contributed by atoms with Crippen LogP contribution in [0.1, 0.15) is 30.1 Å². The number of amides is 1. The van der Waals surface area contributed by atoms with Gasteiger partial charge in [0.2, 0.25) is 5.91 Å². The van der Waals surface area contributed by atoms with Crippen molar-refractivity contribution in [1.29, 1.82) is 0 Å². The Bertz CT molecular complexity index is 462. The Morgan fingerprint density at radius 2 is 2.00 bits per heavy atom. The molecule has 0 radical (unpaired) electrons. The Morgan fingerprint density at radius 3 is 2.65 bits per heavy atom. The molecule has 0 unspecified atom stereocenters. The van der Waals surface area contributed by atoms with Crippen LogP contribution < -0.4 is 4.90 Å². The number of ether oxygens (including phenoxy) is 1. The average Bonchev–Trinajstić information content (AvgIpc) is 2.49. The highest BCUT2D eigenvalue weighted by Gasteiger charge is 2.18. The normalized spacial score (nSPS) is 10.2. The fraction of sp³-hybridized carbons (Fsp3) is 0.467. The molecule has 1 rings (SSSR count). The minimum Gasteiger partial charge on any atom is -0.465 e. The molecular weight excluding hydrogens is 274 g/mol. The quantitative estimate of drug-likeness (QED) is 0.573. The molecule has 1 aromatic rings. The fourth-order valence-corrected chi connectivity index (χ4v) is 2.69. The Kier molecular flexibility index (Phi) is 7.15. The first kappa shape index (κ1) is 16.6. The molecule has 1 amide bonds. The third-order valence-corrected chi connectivity index (χ3v) is 3.94. The van der Waals surface area contributed by atoms with Crippen LogP contribution in [0.25, 0.3) is 0 Å². The van der Waals surface area contributed by atoms with E-state index in [9.17, 15) is 9.59 Å². The third-order valence-electron chi connectivity index (χ3n) is 2.91. The van der Waals surface area contributed by atoms with Crippen LogP contribution in [0.5, 0.6) is 0 Å². The number of carbonyl (C=O) groups excluding carboxylic acids is 2. The maximum absolute atomic E-state index is 12.1. The van der Waals surface area contributed by atoms with Gasteiger partial charge in [0.1, 0.15) is 0 Å². The topological polar surface area (TPSA) is 46.6 Å². The first-order chi connectivity index (χ1) is 9.61. The monoisotopic (exact) mass is 295 g/mol. The van der Waals surface area contributed by atoms with E-state index in [-0.39, 0.29) is 5.91 Å². The molecule has 0 N–H and O–H groups in total. The highest BCUT2D eigenvalue weighted by atomic mass is 32.2. The fourth-order valence-electron chi connectivity index (χ4n) is 1.69. The first-order valence-electron chi connectivity index (χ1n) is 6.63. The SMILES string of the molecule is CCCCSCC(=O)N(C)c1ccccc1C(=O)OC. The van der Waals surface area contributed by atoms with Crippen molar-refractivity contribution < 1.29 is 14.3 Å². The molecule has 110 valence electrons. The number of esters is 1. The summed E-state index contributed by atoms with van der Waals surface area (Å²) < 4.78 is 4.74. The van der Waals surface area contributed by atoms with Gasteiger partial charge in [-0.2, -0.15) is 11.8 Å². The maximum atomic E-state index is 12.1. The Balaban J connectivity index is 2.73. The molecular formula is C15H21NO3S. The van der Waals surface area contributed by atoms with Gasteiger partial charge in [0.05, 0.1) is 24.1 Å². The van der Waals surface area contributed by atoms with E-state index in [4.69, 9.17) is 4.74 Å². The summed E-state index contributed by atoms with van der Waals surface area (Å²) >= 11 is 1.62. The van der Waals surface area contributed by atoms with Crippen molar-refractivity contribution in [2.75, 3.05) is 30.6 Å². The van der Waals surface area contributed by atoms with Gasteiger partial charge in [-0.15, -0.1) is 0 Å². The predicted octanol–water partition coefficient (Wildman–Crippen LogP) is 2.97. The van der Waals surface area contributed by atoms with Gasteiger partial charge >= 0.3 is 5.97 Å². The summed E-state index contributed by atoms with van der Waals surface area (Å²) in [6.07, 6.45) is 2.24. The molecule has 0 heterocycles. The smallest absolute Gasteiger partial charge is 0.339 e. The van der Waals surface area contributed by atoms with Crippen molar-refractivity contribution in [3.8, 4) is 0 Å². The van der Waals surface area contributed by atoms with E-state index >= 15 is 0 Å². The second kappa shape index (κ2) is 8.64. The molecule has 0 aliphatic heterocycles. The van der Waals surface area contributed by atoms with Crippen molar-refractivity contribution in [1.82, 2.24) is 0 Å². The molecule has 0 aromatic heterocycles. The van der Waals surface area contributed by atoms with Crippen LogP contribution in [-0.2, 0) is 9.53 Å². The van der Waals surface area contributed by atoms with Crippen molar-refractivity contribution >= 4 is 29.3 Å². The van der Waals surface area contributed by atoms with E-state index in [2.05, 4.69) is 6.92 Å². The molecule has 0 spiro atoms. The van der Waals surface area contributed by atoms with E-state index in [0.717, 1.165) is 18.6 Å². The number of thioether (sulfide) groups is 1. The molecule has 0 bridgehead atoms. The van der Waals surface area contributed by atoms with E-state index < -0.39 is 5.97 Å². The van der Waals surface area contributed by atoms with Gasteiger partial charge in [0, 0.05) is 7.05 Å².